The zero-order valence-electron chi connectivity index (χ0n) is 20.4. The number of nitrogens with one attached hydrogen (secondary N) is 1. The molecule has 0 spiro atoms. The lowest BCUT2D eigenvalue weighted by atomic mass is 9.94. The molecule has 1 aliphatic carbocycles. The van der Waals surface area contributed by atoms with Crippen LogP contribution >= 0.6 is 0 Å². The van der Waals surface area contributed by atoms with E-state index in [1.165, 1.54) is 12.0 Å². The van der Waals surface area contributed by atoms with Gasteiger partial charge in [0, 0.05) is 57.4 Å². The fraction of sp³-hybridized carbons (Fsp3) is 0.500. The molecule has 34 heavy (non-hydrogen) atoms. The Labute approximate surface area is 203 Å². The summed E-state index contributed by atoms with van der Waals surface area (Å²) in [7, 11) is 0. The van der Waals surface area contributed by atoms with Gasteiger partial charge < -0.3 is 15.1 Å². The molecule has 0 bridgehead atoms. The Morgan fingerprint density at radius 2 is 1.59 bits per heavy atom. The standard InChI is InChI=1S/C28H38N4O2/c1-23-12-14-25(15-13-23)29-28(34)32(26-10-6-3-7-11-26)17-16-27(33)31-20-18-30(19-21-31)22-24-8-4-2-5-9-24/h2,4-5,8-9,12-15,26H,3,6-7,10-11,16-22H2,1H3,(H,29,34). The van der Waals surface area contributed by atoms with Crippen LogP contribution in [0.15, 0.2) is 54.6 Å². The maximum Gasteiger partial charge on any atom is 0.322 e. The monoisotopic (exact) mass is 462 g/mol. The van der Waals surface area contributed by atoms with E-state index in [1.807, 2.05) is 47.1 Å². The van der Waals surface area contributed by atoms with Crippen molar-refractivity contribution in [2.75, 3.05) is 38.0 Å². The van der Waals surface area contributed by atoms with Gasteiger partial charge in [0.15, 0.2) is 0 Å². The van der Waals surface area contributed by atoms with Gasteiger partial charge in [-0.05, 0) is 37.5 Å². The highest BCUT2D eigenvalue weighted by atomic mass is 16.2. The van der Waals surface area contributed by atoms with Crippen molar-refractivity contribution in [2.45, 2.75) is 58.0 Å². The van der Waals surface area contributed by atoms with Gasteiger partial charge in [0.2, 0.25) is 5.91 Å². The van der Waals surface area contributed by atoms with Crippen molar-refractivity contribution in [1.29, 1.82) is 0 Å². The normalized spacial score (nSPS) is 17.4. The Kier molecular flexibility index (Phi) is 8.58. The van der Waals surface area contributed by atoms with E-state index in [0.717, 1.165) is 69.7 Å². The number of urea groups is 1. The highest BCUT2D eigenvalue weighted by Crippen LogP contribution is 2.24. The number of piperazine rings is 1. The maximum atomic E-state index is 13.2. The van der Waals surface area contributed by atoms with Gasteiger partial charge in [-0.2, -0.15) is 0 Å². The SMILES string of the molecule is Cc1ccc(NC(=O)N(CCC(=O)N2CCN(Cc3ccccc3)CC2)C2CCCCC2)cc1. The second-order valence-electron chi connectivity index (χ2n) is 9.67. The van der Waals surface area contributed by atoms with Crippen LogP contribution in [0.4, 0.5) is 10.5 Å². The Bertz CT molecular complexity index is 917. The number of hydrogen-bond acceptors (Lipinski definition) is 3. The molecule has 1 heterocycles. The summed E-state index contributed by atoms with van der Waals surface area (Å²) < 4.78 is 0. The number of carbonyl (C=O) groups excluding carboxylic acids is 2. The highest BCUT2D eigenvalue weighted by molar-refractivity contribution is 5.90. The first kappa shape index (κ1) is 24.3. The van der Waals surface area contributed by atoms with Crippen molar-refractivity contribution in [3.05, 3.63) is 65.7 Å². The van der Waals surface area contributed by atoms with Crippen LogP contribution in [-0.2, 0) is 11.3 Å². The molecule has 0 aromatic heterocycles. The van der Waals surface area contributed by atoms with Gasteiger partial charge in [-0.25, -0.2) is 4.79 Å². The van der Waals surface area contributed by atoms with Crippen molar-refractivity contribution in [3.63, 3.8) is 0 Å². The van der Waals surface area contributed by atoms with Crippen LogP contribution < -0.4 is 5.32 Å². The van der Waals surface area contributed by atoms with Gasteiger partial charge in [0.25, 0.3) is 0 Å². The molecule has 1 aliphatic heterocycles. The lowest BCUT2D eigenvalue weighted by molar-refractivity contribution is -0.133. The number of rotatable bonds is 7. The Hall–Kier alpha value is -2.86. The van der Waals surface area contributed by atoms with E-state index in [-0.39, 0.29) is 18.0 Å². The van der Waals surface area contributed by atoms with E-state index in [2.05, 4.69) is 34.5 Å². The first-order valence-electron chi connectivity index (χ1n) is 12.8. The van der Waals surface area contributed by atoms with Crippen molar-refractivity contribution < 1.29 is 9.59 Å². The molecule has 1 saturated heterocycles. The van der Waals surface area contributed by atoms with Crippen molar-refractivity contribution in [1.82, 2.24) is 14.7 Å². The number of aryl methyl sites for hydroxylation is 1. The molecule has 1 N–H and O–H groups in total. The van der Waals surface area contributed by atoms with Crippen molar-refractivity contribution in [2.24, 2.45) is 0 Å². The van der Waals surface area contributed by atoms with Crippen LogP contribution in [0.1, 0.15) is 49.7 Å². The zero-order valence-corrected chi connectivity index (χ0v) is 20.4. The molecule has 1 saturated carbocycles. The summed E-state index contributed by atoms with van der Waals surface area (Å²) in [6.45, 7) is 6.73. The molecule has 2 aliphatic rings. The zero-order chi connectivity index (χ0) is 23.8. The molecular weight excluding hydrogens is 424 g/mol. The summed E-state index contributed by atoms with van der Waals surface area (Å²) in [4.78, 5) is 32.5. The summed E-state index contributed by atoms with van der Waals surface area (Å²) >= 11 is 0. The Morgan fingerprint density at radius 1 is 0.912 bits per heavy atom. The number of benzene rings is 2. The van der Waals surface area contributed by atoms with Crippen LogP contribution in [0, 0.1) is 6.92 Å². The highest BCUT2D eigenvalue weighted by Gasteiger charge is 2.28. The number of hydrogen-bond donors (Lipinski definition) is 1. The fourth-order valence-electron chi connectivity index (χ4n) is 5.05. The van der Waals surface area contributed by atoms with Gasteiger partial charge in [-0.1, -0.05) is 67.3 Å². The van der Waals surface area contributed by atoms with Gasteiger partial charge in [0.05, 0.1) is 0 Å². The van der Waals surface area contributed by atoms with E-state index < -0.39 is 0 Å². The second-order valence-corrected chi connectivity index (χ2v) is 9.67. The van der Waals surface area contributed by atoms with Gasteiger partial charge in [0.1, 0.15) is 0 Å². The second kappa shape index (κ2) is 12.0. The molecule has 4 rings (SSSR count). The minimum Gasteiger partial charge on any atom is -0.340 e. The molecule has 0 unspecified atom stereocenters. The van der Waals surface area contributed by atoms with Crippen LogP contribution in [0.25, 0.3) is 0 Å². The molecule has 182 valence electrons. The minimum atomic E-state index is -0.0868. The van der Waals surface area contributed by atoms with E-state index in [9.17, 15) is 9.59 Å². The van der Waals surface area contributed by atoms with Crippen LogP contribution in [-0.4, -0.2) is 65.4 Å². The van der Waals surface area contributed by atoms with Gasteiger partial charge in [-0.3, -0.25) is 9.69 Å². The minimum absolute atomic E-state index is 0.0868. The first-order chi connectivity index (χ1) is 16.6. The van der Waals surface area contributed by atoms with E-state index in [0.29, 0.717) is 13.0 Å². The Morgan fingerprint density at radius 3 is 2.26 bits per heavy atom. The average Bonchev–Trinajstić information content (AvgIpc) is 2.87. The molecule has 0 atom stereocenters. The van der Waals surface area contributed by atoms with E-state index in [1.54, 1.807) is 0 Å². The molecule has 6 heteroatoms. The lowest BCUT2D eigenvalue weighted by Gasteiger charge is -2.37. The predicted octanol–water partition coefficient (Wildman–Crippen LogP) is 4.90. The fourth-order valence-corrected chi connectivity index (χ4v) is 5.05. The molecule has 2 aromatic rings. The van der Waals surface area contributed by atoms with E-state index >= 15 is 0 Å². The average molecular weight is 463 g/mol. The molecule has 2 fully saturated rings. The largest absolute Gasteiger partial charge is 0.340 e. The van der Waals surface area contributed by atoms with Gasteiger partial charge >= 0.3 is 6.03 Å². The number of carbonyl (C=O) groups is 2. The smallest absolute Gasteiger partial charge is 0.322 e. The number of nitrogens with zero attached hydrogens (tertiary/aromatic N) is 3. The van der Waals surface area contributed by atoms with Crippen LogP contribution in [0.5, 0.6) is 0 Å². The summed E-state index contributed by atoms with van der Waals surface area (Å²) in [6.07, 6.45) is 5.96. The number of anilines is 1. The molecule has 2 aromatic carbocycles. The maximum absolute atomic E-state index is 13.2. The third-order valence-electron chi connectivity index (χ3n) is 7.12. The third-order valence-corrected chi connectivity index (χ3v) is 7.12. The summed E-state index contributed by atoms with van der Waals surface area (Å²) in [5, 5.41) is 3.05. The number of amides is 3. The van der Waals surface area contributed by atoms with E-state index in [4.69, 9.17) is 0 Å². The summed E-state index contributed by atoms with van der Waals surface area (Å²) in [5.41, 5.74) is 3.28. The predicted molar refractivity (Wildman–Crippen MR) is 137 cm³/mol. The topological polar surface area (TPSA) is 55.9 Å². The quantitative estimate of drug-likeness (QED) is 0.637. The first-order valence-corrected chi connectivity index (χ1v) is 12.8. The lowest BCUT2D eigenvalue weighted by Crippen LogP contribution is -2.50. The molecule has 0 radical (unpaired) electrons. The summed E-state index contributed by atoms with van der Waals surface area (Å²) in [6, 6.07) is 18.5. The molecular formula is C28H38N4O2. The molecule has 6 nitrogen and oxygen atoms in total. The van der Waals surface area contributed by atoms with Crippen molar-refractivity contribution >= 4 is 17.6 Å². The van der Waals surface area contributed by atoms with Crippen LogP contribution in [0.2, 0.25) is 0 Å². The molecule has 3 amide bonds. The van der Waals surface area contributed by atoms with Crippen LogP contribution in [0.3, 0.4) is 0 Å². The summed E-state index contributed by atoms with van der Waals surface area (Å²) in [5.74, 6) is 0.156. The van der Waals surface area contributed by atoms with Gasteiger partial charge in [-0.15, -0.1) is 0 Å². The van der Waals surface area contributed by atoms with Crippen molar-refractivity contribution in [3.8, 4) is 0 Å². The Balaban J connectivity index is 1.29. The third kappa shape index (κ3) is 6.83.